The third-order valence-corrected chi connectivity index (χ3v) is 3.02. The van der Waals surface area contributed by atoms with Crippen molar-refractivity contribution in [1.29, 1.82) is 0 Å². The molecule has 0 spiro atoms. The first-order valence-corrected chi connectivity index (χ1v) is 6.15. The number of aliphatic hydroxyl groups excluding tert-OH is 1. The number of aliphatic hydroxyl groups is 1. The fraction of sp³-hybridized carbons (Fsp3) is 0.615. The molecule has 1 aliphatic carbocycles. The van der Waals surface area contributed by atoms with Crippen molar-refractivity contribution in [3.63, 3.8) is 0 Å². The SMILES string of the molecule is CC.Nc1cnccc1C1CCC(O)CC1. The van der Waals surface area contributed by atoms with Crippen molar-refractivity contribution in [3.05, 3.63) is 24.0 Å². The number of hydrogen-bond donors (Lipinski definition) is 2. The molecule has 3 nitrogen and oxygen atoms in total. The fourth-order valence-corrected chi connectivity index (χ4v) is 2.18. The van der Waals surface area contributed by atoms with E-state index in [2.05, 4.69) is 4.98 Å². The molecule has 1 aromatic heterocycles. The van der Waals surface area contributed by atoms with Crippen LogP contribution in [0, 0.1) is 0 Å². The largest absolute Gasteiger partial charge is 0.397 e. The molecule has 2 rings (SSSR count). The number of nitrogen functional groups attached to an aromatic ring is 1. The lowest BCUT2D eigenvalue weighted by Gasteiger charge is -2.26. The molecule has 0 saturated heterocycles. The molecule has 1 aromatic rings. The maximum Gasteiger partial charge on any atom is 0.0540 e. The zero-order valence-electron chi connectivity index (χ0n) is 10.2. The summed E-state index contributed by atoms with van der Waals surface area (Å²) in [6.45, 7) is 4.00. The highest BCUT2D eigenvalue weighted by atomic mass is 16.3. The summed E-state index contributed by atoms with van der Waals surface area (Å²) in [7, 11) is 0. The topological polar surface area (TPSA) is 59.1 Å². The second kappa shape index (κ2) is 6.48. The highest BCUT2D eigenvalue weighted by molar-refractivity contribution is 5.46. The average Bonchev–Trinajstić information content (AvgIpc) is 2.34. The molecule has 0 bridgehead atoms. The van der Waals surface area contributed by atoms with Crippen LogP contribution in [0.15, 0.2) is 18.5 Å². The molecular formula is C13H22N2O. The van der Waals surface area contributed by atoms with Gasteiger partial charge < -0.3 is 10.8 Å². The summed E-state index contributed by atoms with van der Waals surface area (Å²) >= 11 is 0. The van der Waals surface area contributed by atoms with Crippen molar-refractivity contribution in [2.75, 3.05) is 5.73 Å². The van der Waals surface area contributed by atoms with Gasteiger partial charge in [-0.3, -0.25) is 4.98 Å². The van der Waals surface area contributed by atoms with Crippen molar-refractivity contribution in [1.82, 2.24) is 4.98 Å². The number of anilines is 1. The van der Waals surface area contributed by atoms with Gasteiger partial charge in [-0.1, -0.05) is 13.8 Å². The molecule has 1 fully saturated rings. The third-order valence-electron chi connectivity index (χ3n) is 3.02. The molecule has 0 radical (unpaired) electrons. The molecular weight excluding hydrogens is 200 g/mol. The molecule has 1 saturated carbocycles. The van der Waals surface area contributed by atoms with E-state index >= 15 is 0 Å². The van der Waals surface area contributed by atoms with Crippen LogP contribution in [-0.4, -0.2) is 16.2 Å². The molecule has 90 valence electrons. The number of aromatic nitrogens is 1. The summed E-state index contributed by atoms with van der Waals surface area (Å²) in [6.07, 6.45) is 7.26. The first-order chi connectivity index (χ1) is 7.77. The predicted molar refractivity (Wildman–Crippen MR) is 67.2 cm³/mol. The number of rotatable bonds is 1. The molecule has 0 atom stereocenters. The Morgan fingerprint density at radius 1 is 1.25 bits per heavy atom. The Bertz CT molecular complexity index is 307. The van der Waals surface area contributed by atoms with Gasteiger partial charge in [0.05, 0.1) is 18.0 Å². The summed E-state index contributed by atoms with van der Waals surface area (Å²) in [5.74, 6) is 0.515. The molecule has 3 heteroatoms. The highest BCUT2D eigenvalue weighted by Crippen LogP contribution is 2.34. The third kappa shape index (κ3) is 3.20. The normalized spacial score (nSPS) is 24.4. The smallest absolute Gasteiger partial charge is 0.0540 e. The summed E-state index contributed by atoms with van der Waals surface area (Å²) in [5, 5.41) is 9.40. The summed E-state index contributed by atoms with van der Waals surface area (Å²) in [5.41, 5.74) is 7.85. The van der Waals surface area contributed by atoms with Gasteiger partial charge in [-0.25, -0.2) is 0 Å². The van der Waals surface area contributed by atoms with Crippen molar-refractivity contribution >= 4 is 5.69 Å². The van der Waals surface area contributed by atoms with Crippen LogP contribution in [0.2, 0.25) is 0 Å². The Balaban J connectivity index is 0.000000606. The van der Waals surface area contributed by atoms with Crippen LogP contribution in [0.4, 0.5) is 5.69 Å². The van der Waals surface area contributed by atoms with Gasteiger partial charge in [0, 0.05) is 6.20 Å². The summed E-state index contributed by atoms with van der Waals surface area (Å²) < 4.78 is 0. The van der Waals surface area contributed by atoms with Crippen molar-refractivity contribution < 1.29 is 5.11 Å². The van der Waals surface area contributed by atoms with E-state index in [1.807, 2.05) is 19.9 Å². The lowest BCUT2D eigenvalue weighted by atomic mass is 9.82. The van der Waals surface area contributed by atoms with Crippen LogP contribution in [0.5, 0.6) is 0 Å². The zero-order chi connectivity index (χ0) is 12.0. The maximum absolute atomic E-state index is 9.40. The first kappa shape index (κ1) is 13.0. The van der Waals surface area contributed by atoms with Gasteiger partial charge in [0.25, 0.3) is 0 Å². The zero-order valence-corrected chi connectivity index (χ0v) is 10.2. The average molecular weight is 222 g/mol. The van der Waals surface area contributed by atoms with E-state index in [-0.39, 0.29) is 6.10 Å². The standard InChI is InChI=1S/C11H16N2O.C2H6/c12-11-7-13-6-5-10(11)8-1-3-9(14)4-2-8;1-2/h5-9,14H,1-4,12H2;1-2H3. The summed E-state index contributed by atoms with van der Waals surface area (Å²) in [6, 6.07) is 2.00. The molecule has 0 amide bonds. The molecule has 0 aliphatic heterocycles. The van der Waals surface area contributed by atoms with Crippen molar-refractivity contribution in [2.24, 2.45) is 0 Å². The maximum atomic E-state index is 9.40. The highest BCUT2D eigenvalue weighted by Gasteiger charge is 2.21. The number of nitrogens with zero attached hydrogens (tertiary/aromatic N) is 1. The minimum atomic E-state index is -0.102. The Morgan fingerprint density at radius 2 is 1.88 bits per heavy atom. The van der Waals surface area contributed by atoms with Gasteiger partial charge >= 0.3 is 0 Å². The van der Waals surface area contributed by atoms with Gasteiger partial charge in [0.2, 0.25) is 0 Å². The predicted octanol–water partition coefficient (Wildman–Crippen LogP) is 2.71. The van der Waals surface area contributed by atoms with E-state index in [0.29, 0.717) is 5.92 Å². The molecule has 16 heavy (non-hydrogen) atoms. The molecule has 3 N–H and O–H groups in total. The number of hydrogen-bond acceptors (Lipinski definition) is 3. The van der Waals surface area contributed by atoms with Crippen LogP contribution < -0.4 is 5.73 Å². The second-order valence-corrected chi connectivity index (χ2v) is 4.01. The van der Waals surface area contributed by atoms with E-state index in [4.69, 9.17) is 5.73 Å². The van der Waals surface area contributed by atoms with Crippen LogP contribution in [0.25, 0.3) is 0 Å². The number of nitrogens with two attached hydrogens (primary N) is 1. The Labute approximate surface area is 97.7 Å². The van der Waals surface area contributed by atoms with E-state index in [1.54, 1.807) is 12.4 Å². The Hall–Kier alpha value is -1.09. The van der Waals surface area contributed by atoms with Gasteiger partial charge in [0.1, 0.15) is 0 Å². The Morgan fingerprint density at radius 3 is 2.44 bits per heavy atom. The lowest BCUT2D eigenvalue weighted by Crippen LogP contribution is -2.17. The Kier molecular flexibility index (Phi) is 5.26. The van der Waals surface area contributed by atoms with Gasteiger partial charge in [-0.05, 0) is 43.2 Å². The van der Waals surface area contributed by atoms with Crippen molar-refractivity contribution in [3.8, 4) is 0 Å². The second-order valence-electron chi connectivity index (χ2n) is 4.01. The first-order valence-electron chi connectivity index (χ1n) is 6.15. The molecule has 0 aromatic carbocycles. The summed E-state index contributed by atoms with van der Waals surface area (Å²) in [4.78, 5) is 3.98. The minimum absolute atomic E-state index is 0.102. The van der Waals surface area contributed by atoms with Crippen LogP contribution in [0.3, 0.4) is 0 Å². The van der Waals surface area contributed by atoms with Crippen LogP contribution >= 0.6 is 0 Å². The van der Waals surface area contributed by atoms with E-state index in [0.717, 1.165) is 31.4 Å². The van der Waals surface area contributed by atoms with Gasteiger partial charge in [0.15, 0.2) is 0 Å². The quantitative estimate of drug-likeness (QED) is 0.768. The van der Waals surface area contributed by atoms with Gasteiger partial charge in [-0.2, -0.15) is 0 Å². The molecule has 1 heterocycles. The number of pyridine rings is 1. The van der Waals surface area contributed by atoms with E-state index in [1.165, 1.54) is 5.56 Å². The van der Waals surface area contributed by atoms with Gasteiger partial charge in [-0.15, -0.1) is 0 Å². The van der Waals surface area contributed by atoms with Crippen LogP contribution in [-0.2, 0) is 0 Å². The van der Waals surface area contributed by atoms with E-state index < -0.39 is 0 Å². The monoisotopic (exact) mass is 222 g/mol. The molecule has 0 unspecified atom stereocenters. The molecule has 1 aliphatic rings. The van der Waals surface area contributed by atoms with Crippen LogP contribution in [0.1, 0.15) is 51.0 Å². The fourth-order valence-electron chi connectivity index (χ4n) is 2.18. The van der Waals surface area contributed by atoms with Crippen molar-refractivity contribution in [2.45, 2.75) is 51.6 Å². The minimum Gasteiger partial charge on any atom is -0.397 e. The lowest BCUT2D eigenvalue weighted by molar-refractivity contribution is 0.122. The van der Waals surface area contributed by atoms with E-state index in [9.17, 15) is 5.11 Å².